The maximum Gasteiger partial charge on any atom is 0.241 e. The van der Waals surface area contributed by atoms with Crippen molar-refractivity contribution in [2.45, 2.75) is 31.3 Å². The van der Waals surface area contributed by atoms with Crippen molar-refractivity contribution in [2.75, 3.05) is 5.73 Å². The van der Waals surface area contributed by atoms with Gasteiger partial charge in [0.15, 0.2) is 0 Å². The number of anilines is 1. The molecule has 1 unspecified atom stereocenters. The maximum absolute atomic E-state index is 13.3. The van der Waals surface area contributed by atoms with Crippen molar-refractivity contribution in [3.05, 3.63) is 42.2 Å². The molecule has 21 heavy (non-hydrogen) atoms. The summed E-state index contributed by atoms with van der Waals surface area (Å²) in [4.78, 5) is 3.88. The molecule has 0 saturated carbocycles. The number of nitrogens with zero attached hydrogens (tertiary/aromatic N) is 2. The van der Waals surface area contributed by atoms with E-state index in [4.69, 9.17) is 5.73 Å². The van der Waals surface area contributed by atoms with Crippen LogP contribution < -0.4 is 10.5 Å². The van der Waals surface area contributed by atoms with Gasteiger partial charge in [-0.25, -0.2) is 22.5 Å². The van der Waals surface area contributed by atoms with E-state index in [0.717, 1.165) is 12.1 Å². The van der Waals surface area contributed by atoms with Crippen LogP contribution >= 0.6 is 0 Å². The quantitative estimate of drug-likeness (QED) is 0.814. The molecular weight excluding hydrogens is 295 g/mol. The van der Waals surface area contributed by atoms with Crippen molar-refractivity contribution >= 4 is 15.7 Å². The van der Waals surface area contributed by atoms with Crippen molar-refractivity contribution in [2.24, 2.45) is 0 Å². The molecule has 0 radical (unpaired) electrons. The molecule has 8 heteroatoms. The molecule has 114 valence electrons. The van der Waals surface area contributed by atoms with Gasteiger partial charge in [-0.3, -0.25) is 0 Å². The van der Waals surface area contributed by atoms with Crippen molar-refractivity contribution in [3.63, 3.8) is 0 Å². The number of rotatable bonds is 5. The number of nitrogens with two attached hydrogens (primary N) is 1. The van der Waals surface area contributed by atoms with E-state index in [1.807, 2.05) is 0 Å². The molecule has 1 aromatic heterocycles. The molecule has 1 aromatic carbocycles. The summed E-state index contributed by atoms with van der Waals surface area (Å²) >= 11 is 0. The molecule has 0 bridgehead atoms. The minimum absolute atomic E-state index is 0.0149. The monoisotopic (exact) mass is 312 g/mol. The number of nitrogen functional groups attached to an aromatic ring is 1. The summed E-state index contributed by atoms with van der Waals surface area (Å²) in [6, 6.07) is 1.90. The number of aryl methyl sites for hydroxylation is 1. The average molecular weight is 312 g/mol. The number of aromatic nitrogens is 2. The lowest BCUT2D eigenvalue weighted by Gasteiger charge is -2.16. The van der Waals surface area contributed by atoms with Crippen molar-refractivity contribution in [1.82, 2.24) is 14.3 Å². The highest BCUT2D eigenvalue weighted by Gasteiger charge is 2.21. The zero-order valence-corrected chi connectivity index (χ0v) is 12.6. The smallest absolute Gasteiger partial charge is 0.241 e. The van der Waals surface area contributed by atoms with Gasteiger partial charge in [0.1, 0.15) is 5.82 Å². The van der Waals surface area contributed by atoms with E-state index < -0.39 is 15.8 Å². The first-order valence-corrected chi connectivity index (χ1v) is 7.81. The third-order valence-corrected chi connectivity index (χ3v) is 4.72. The fourth-order valence-corrected chi connectivity index (χ4v) is 3.53. The molecule has 2 aromatic rings. The van der Waals surface area contributed by atoms with E-state index in [2.05, 4.69) is 9.71 Å². The third-order valence-electron chi connectivity index (χ3n) is 2.98. The molecule has 0 aliphatic carbocycles. The minimum Gasteiger partial charge on any atom is -0.396 e. The number of sulfonamides is 1. The molecule has 0 aliphatic rings. The van der Waals surface area contributed by atoms with Crippen LogP contribution in [0.3, 0.4) is 0 Å². The number of hydrogen-bond donors (Lipinski definition) is 2. The van der Waals surface area contributed by atoms with Crippen LogP contribution in [0, 0.1) is 12.7 Å². The summed E-state index contributed by atoms with van der Waals surface area (Å²) in [5.74, 6) is -0.627. The summed E-state index contributed by atoms with van der Waals surface area (Å²) in [7, 11) is -3.76. The molecule has 6 nitrogen and oxygen atoms in total. The molecule has 0 amide bonds. The van der Waals surface area contributed by atoms with Crippen molar-refractivity contribution < 1.29 is 12.8 Å². The minimum atomic E-state index is -3.76. The van der Waals surface area contributed by atoms with Crippen LogP contribution in [0.15, 0.2) is 35.7 Å². The highest BCUT2D eigenvalue weighted by atomic mass is 32.2. The largest absolute Gasteiger partial charge is 0.396 e. The van der Waals surface area contributed by atoms with E-state index in [0.29, 0.717) is 12.1 Å². The number of imidazole rings is 1. The lowest BCUT2D eigenvalue weighted by molar-refractivity contribution is 0.520. The van der Waals surface area contributed by atoms with E-state index in [1.165, 1.54) is 6.92 Å². The Bertz CT molecular complexity index is 729. The highest BCUT2D eigenvalue weighted by molar-refractivity contribution is 7.89. The summed E-state index contributed by atoms with van der Waals surface area (Å²) in [6.07, 6.45) is 4.96. The molecule has 0 aliphatic heterocycles. The Hall–Kier alpha value is -1.93. The Labute approximate surface area is 122 Å². The van der Waals surface area contributed by atoms with Gasteiger partial charge in [-0.2, -0.15) is 0 Å². The van der Waals surface area contributed by atoms with Gasteiger partial charge >= 0.3 is 0 Å². The molecule has 0 fully saturated rings. The van der Waals surface area contributed by atoms with Gasteiger partial charge in [-0.1, -0.05) is 0 Å². The topological polar surface area (TPSA) is 90.0 Å². The van der Waals surface area contributed by atoms with E-state index in [1.54, 1.807) is 30.2 Å². The lowest BCUT2D eigenvalue weighted by atomic mass is 10.2. The van der Waals surface area contributed by atoms with Crippen LogP contribution in [0.4, 0.5) is 10.1 Å². The van der Waals surface area contributed by atoms with E-state index in [-0.39, 0.29) is 16.6 Å². The van der Waals surface area contributed by atoms with Crippen LogP contribution in [0.1, 0.15) is 12.5 Å². The first-order valence-electron chi connectivity index (χ1n) is 6.33. The fraction of sp³-hybridized carbons (Fsp3) is 0.308. The first-order chi connectivity index (χ1) is 9.79. The highest BCUT2D eigenvalue weighted by Crippen LogP contribution is 2.21. The lowest BCUT2D eigenvalue weighted by Crippen LogP contribution is -2.35. The van der Waals surface area contributed by atoms with Crippen molar-refractivity contribution in [1.29, 1.82) is 0 Å². The van der Waals surface area contributed by atoms with Crippen LogP contribution in [-0.4, -0.2) is 24.0 Å². The van der Waals surface area contributed by atoms with Crippen molar-refractivity contribution in [3.8, 4) is 0 Å². The normalized spacial score (nSPS) is 13.3. The van der Waals surface area contributed by atoms with Crippen LogP contribution in [0.25, 0.3) is 0 Å². The molecular formula is C13H17FN4O2S. The first kappa shape index (κ1) is 15.5. The van der Waals surface area contributed by atoms with Gasteiger partial charge in [-0.05, 0) is 31.5 Å². The maximum atomic E-state index is 13.3. The Morgan fingerprint density at radius 3 is 2.81 bits per heavy atom. The predicted molar refractivity (Wildman–Crippen MR) is 77.6 cm³/mol. The van der Waals surface area contributed by atoms with Crippen LogP contribution in [0.2, 0.25) is 0 Å². The zero-order valence-electron chi connectivity index (χ0n) is 11.7. The number of halogens is 1. The van der Waals surface area contributed by atoms with E-state index in [9.17, 15) is 12.8 Å². The fourth-order valence-electron chi connectivity index (χ4n) is 2.03. The van der Waals surface area contributed by atoms with Gasteiger partial charge in [0, 0.05) is 25.0 Å². The summed E-state index contributed by atoms with van der Waals surface area (Å²) in [5.41, 5.74) is 5.56. The van der Waals surface area contributed by atoms with Gasteiger partial charge in [0.2, 0.25) is 10.0 Å². The Balaban J connectivity index is 2.20. The molecule has 2 rings (SSSR count). The van der Waals surface area contributed by atoms with Crippen LogP contribution in [0.5, 0.6) is 0 Å². The number of nitrogens with one attached hydrogen (secondary N) is 1. The summed E-state index contributed by atoms with van der Waals surface area (Å²) < 4.78 is 42.3. The second-order valence-corrected chi connectivity index (χ2v) is 6.60. The molecule has 0 saturated heterocycles. The summed E-state index contributed by atoms with van der Waals surface area (Å²) in [5, 5.41) is 0. The second-order valence-electron chi connectivity index (χ2n) is 4.92. The molecule has 3 N–H and O–H groups in total. The zero-order chi connectivity index (χ0) is 15.6. The standard InChI is InChI=1S/C13H17FN4O2S/c1-9-5-11(14)12(15)6-13(9)21(19,20)17-10(2)7-18-4-3-16-8-18/h3-6,8,10,17H,7,15H2,1-2H3. The number of benzene rings is 1. The van der Waals surface area contributed by atoms with Gasteiger partial charge in [-0.15, -0.1) is 0 Å². The van der Waals surface area contributed by atoms with E-state index >= 15 is 0 Å². The predicted octanol–water partition coefficient (Wildman–Crippen LogP) is 1.28. The molecule has 1 atom stereocenters. The van der Waals surface area contributed by atoms with Gasteiger partial charge in [0.05, 0.1) is 16.9 Å². The van der Waals surface area contributed by atoms with Gasteiger partial charge in [0.25, 0.3) is 0 Å². The molecule has 0 spiro atoms. The Morgan fingerprint density at radius 2 is 2.19 bits per heavy atom. The van der Waals surface area contributed by atoms with Gasteiger partial charge < -0.3 is 10.3 Å². The second kappa shape index (κ2) is 5.82. The Morgan fingerprint density at radius 1 is 1.48 bits per heavy atom. The Kier molecular flexibility index (Phi) is 4.29. The summed E-state index contributed by atoms with van der Waals surface area (Å²) in [6.45, 7) is 3.70. The SMILES string of the molecule is Cc1cc(F)c(N)cc1S(=O)(=O)NC(C)Cn1ccnc1. The number of hydrogen-bond acceptors (Lipinski definition) is 4. The average Bonchev–Trinajstić information content (AvgIpc) is 2.85. The van der Waals surface area contributed by atoms with Crippen LogP contribution in [-0.2, 0) is 16.6 Å². The molecule has 1 heterocycles. The third kappa shape index (κ3) is 3.59.